The van der Waals surface area contributed by atoms with E-state index in [2.05, 4.69) is 4.98 Å². The molecule has 0 fully saturated rings. The van der Waals surface area contributed by atoms with Crippen molar-refractivity contribution in [2.45, 2.75) is 18.9 Å². The topological polar surface area (TPSA) is 76.2 Å². The number of halogens is 2. The molecule has 4 nitrogen and oxygen atoms in total. The van der Waals surface area contributed by atoms with E-state index < -0.39 is 18.4 Å². The van der Waals surface area contributed by atoms with Gasteiger partial charge in [0.2, 0.25) is 0 Å². The van der Waals surface area contributed by atoms with E-state index in [1.165, 1.54) is 12.3 Å². The number of nitrogens with two attached hydrogens (primary N) is 1. The van der Waals surface area contributed by atoms with Crippen molar-refractivity contribution in [1.82, 2.24) is 4.98 Å². The average molecular weight is 216 g/mol. The highest BCUT2D eigenvalue weighted by molar-refractivity contribution is 5.73. The molecule has 1 aromatic rings. The molecular weight excluding hydrogens is 206 g/mol. The molecule has 0 bridgehead atoms. The minimum Gasteiger partial charge on any atom is -0.480 e. The van der Waals surface area contributed by atoms with Gasteiger partial charge in [-0.1, -0.05) is 0 Å². The number of carboxylic acids is 1. The van der Waals surface area contributed by atoms with E-state index in [1.54, 1.807) is 0 Å². The Balaban J connectivity index is 2.78. The van der Waals surface area contributed by atoms with Crippen LogP contribution in [0.2, 0.25) is 0 Å². The third-order valence-corrected chi connectivity index (χ3v) is 1.84. The van der Waals surface area contributed by atoms with Gasteiger partial charge in [0.15, 0.2) is 0 Å². The van der Waals surface area contributed by atoms with Gasteiger partial charge in [0.05, 0.1) is 0 Å². The summed E-state index contributed by atoms with van der Waals surface area (Å²) in [6.07, 6.45) is -0.253. The van der Waals surface area contributed by atoms with Gasteiger partial charge in [-0.25, -0.2) is 8.78 Å². The summed E-state index contributed by atoms with van der Waals surface area (Å²) in [7, 11) is 0. The number of pyridine rings is 1. The van der Waals surface area contributed by atoms with Crippen LogP contribution >= 0.6 is 0 Å². The molecule has 0 aliphatic heterocycles. The molecule has 6 heteroatoms. The fourth-order valence-corrected chi connectivity index (χ4v) is 1.08. The van der Waals surface area contributed by atoms with Crippen LogP contribution in [0.3, 0.4) is 0 Å². The second-order valence-electron chi connectivity index (χ2n) is 3.08. The number of hydrogen-bond donors (Lipinski definition) is 2. The molecule has 0 saturated heterocycles. The Morgan fingerprint density at radius 3 is 2.73 bits per heavy atom. The standard InChI is InChI=1S/C9H10F2N2O2/c10-8(11)6-1-5(3-13-4-6)2-7(12)9(14)15/h1,3-4,7-8H,2,12H2,(H,14,15). The van der Waals surface area contributed by atoms with Gasteiger partial charge in [-0.3, -0.25) is 9.78 Å². The van der Waals surface area contributed by atoms with Crippen LogP contribution in [0.25, 0.3) is 0 Å². The molecule has 3 N–H and O–H groups in total. The van der Waals surface area contributed by atoms with Crippen molar-refractivity contribution < 1.29 is 18.7 Å². The van der Waals surface area contributed by atoms with Gasteiger partial charge in [-0.05, 0) is 18.1 Å². The number of rotatable bonds is 4. The Hall–Kier alpha value is -1.56. The fraction of sp³-hybridized carbons (Fsp3) is 0.333. The van der Waals surface area contributed by atoms with Crippen molar-refractivity contribution in [2.24, 2.45) is 5.73 Å². The van der Waals surface area contributed by atoms with Crippen molar-refractivity contribution in [3.05, 3.63) is 29.6 Å². The summed E-state index contributed by atoms with van der Waals surface area (Å²) in [4.78, 5) is 14.0. The lowest BCUT2D eigenvalue weighted by Crippen LogP contribution is -2.32. The molecule has 82 valence electrons. The highest BCUT2D eigenvalue weighted by Gasteiger charge is 2.14. The predicted octanol–water partition coefficient (Wildman–Crippen LogP) is 0.974. The minimum atomic E-state index is -2.61. The summed E-state index contributed by atoms with van der Waals surface area (Å²) in [6.45, 7) is 0. The zero-order valence-electron chi connectivity index (χ0n) is 7.73. The Labute approximate surface area is 84.7 Å². The summed E-state index contributed by atoms with van der Waals surface area (Å²) >= 11 is 0. The van der Waals surface area contributed by atoms with Crippen LogP contribution in [0, 0.1) is 0 Å². The molecular formula is C9H10F2N2O2. The van der Waals surface area contributed by atoms with E-state index in [-0.39, 0.29) is 12.0 Å². The molecule has 0 aromatic carbocycles. The number of alkyl halides is 2. The molecule has 1 rings (SSSR count). The molecule has 0 spiro atoms. The molecule has 0 amide bonds. The highest BCUT2D eigenvalue weighted by Crippen LogP contribution is 2.18. The number of carboxylic acid groups (broad SMARTS) is 1. The molecule has 1 heterocycles. The van der Waals surface area contributed by atoms with Gasteiger partial charge in [0.1, 0.15) is 6.04 Å². The maximum absolute atomic E-state index is 12.3. The third kappa shape index (κ3) is 3.25. The number of aliphatic carboxylic acids is 1. The molecule has 1 aromatic heterocycles. The minimum absolute atomic E-state index is 0.0110. The van der Waals surface area contributed by atoms with Crippen molar-refractivity contribution >= 4 is 5.97 Å². The van der Waals surface area contributed by atoms with E-state index >= 15 is 0 Å². The number of nitrogens with zero attached hydrogens (tertiary/aromatic N) is 1. The Morgan fingerprint density at radius 2 is 2.20 bits per heavy atom. The second kappa shape index (κ2) is 4.79. The quantitative estimate of drug-likeness (QED) is 0.786. The van der Waals surface area contributed by atoms with Gasteiger partial charge in [-0.15, -0.1) is 0 Å². The average Bonchev–Trinajstić information content (AvgIpc) is 2.18. The van der Waals surface area contributed by atoms with Crippen molar-refractivity contribution in [2.75, 3.05) is 0 Å². The zero-order valence-corrected chi connectivity index (χ0v) is 7.73. The lowest BCUT2D eigenvalue weighted by atomic mass is 10.1. The van der Waals surface area contributed by atoms with E-state index in [9.17, 15) is 13.6 Å². The smallest absolute Gasteiger partial charge is 0.320 e. The Kier molecular flexibility index (Phi) is 3.68. The SMILES string of the molecule is NC(Cc1cncc(C(F)F)c1)C(=O)O. The first kappa shape index (κ1) is 11.5. The molecule has 0 aliphatic rings. The highest BCUT2D eigenvalue weighted by atomic mass is 19.3. The van der Waals surface area contributed by atoms with Gasteiger partial charge in [-0.2, -0.15) is 0 Å². The van der Waals surface area contributed by atoms with Crippen LogP contribution in [0.4, 0.5) is 8.78 Å². The van der Waals surface area contributed by atoms with Gasteiger partial charge in [0.25, 0.3) is 6.43 Å². The molecule has 1 atom stereocenters. The Morgan fingerprint density at radius 1 is 1.53 bits per heavy atom. The van der Waals surface area contributed by atoms with Gasteiger partial charge >= 0.3 is 5.97 Å². The first-order valence-corrected chi connectivity index (χ1v) is 4.21. The van der Waals surface area contributed by atoms with E-state index in [4.69, 9.17) is 10.8 Å². The first-order valence-electron chi connectivity index (χ1n) is 4.21. The van der Waals surface area contributed by atoms with Crippen LogP contribution in [0.1, 0.15) is 17.6 Å². The first-order chi connectivity index (χ1) is 7.00. The largest absolute Gasteiger partial charge is 0.480 e. The van der Waals surface area contributed by atoms with Crippen molar-refractivity contribution in [3.8, 4) is 0 Å². The van der Waals surface area contributed by atoms with Gasteiger partial charge < -0.3 is 10.8 Å². The lowest BCUT2D eigenvalue weighted by Gasteiger charge is -2.07. The monoisotopic (exact) mass is 216 g/mol. The molecule has 15 heavy (non-hydrogen) atoms. The van der Waals surface area contributed by atoms with E-state index in [0.29, 0.717) is 5.56 Å². The van der Waals surface area contributed by atoms with Crippen LogP contribution < -0.4 is 5.73 Å². The number of hydrogen-bond acceptors (Lipinski definition) is 3. The summed E-state index contributed by atoms with van der Waals surface area (Å²) < 4.78 is 24.5. The van der Waals surface area contributed by atoms with Crippen LogP contribution in [0.15, 0.2) is 18.5 Å². The summed E-state index contributed by atoms with van der Waals surface area (Å²) in [5.41, 5.74) is 5.42. The molecule has 0 aliphatic carbocycles. The van der Waals surface area contributed by atoms with Crippen LogP contribution in [-0.4, -0.2) is 22.1 Å². The van der Waals surface area contributed by atoms with Crippen LogP contribution in [0.5, 0.6) is 0 Å². The molecule has 0 saturated carbocycles. The fourth-order valence-electron chi connectivity index (χ4n) is 1.08. The van der Waals surface area contributed by atoms with E-state index in [0.717, 1.165) is 6.20 Å². The third-order valence-electron chi connectivity index (χ3n) is 1.84. The van der Waals surface area contributed by atoms with E-state index in [1.807, 2.05) is 0 Å². The van der Waals surface area contributed by atoms with Crippen molar-refractivity contribution in [1.29, 1.82) is 0 Å². The second-order valence-corrected chi connectivity index (χ2v) is 3.08. The number of aromatic nitrogens is 1. The maximum Gasteiger partial charge on any atom is 0.320 e. The lowest BCUT2D eigenvalue weighted by molar-refractivity contribution is -0.138. The van der Waals surface area contributed by atoms with Crippen LogP contribution in [-0.2, 0) is 11.2 Å². The molecule has 0 radical (unpaired) electrons. The molecule has 1 unspecified atom stereocenters. The summed E-state index contributed by atoms with van der Waals surface area (Å²) in [5, 5.41) is 8.53. The zero-order chi connectivity index (χ0) is 11.4. The normalized spacial score (nSPS) is 12.8. The van der Waals surface area contributed by atoms with Gasteiger partial charge in [0, 0.05) is 18.0 Å². The van der Waals surface area contributed by atoms with Crippen molar-refractivity contribution in [3.63, 3.8) is 0 Å². The predicted molar refractivity (Wildman–Crippen MR) is 48.5 cm³/mol. The maximum atomic E-state index is 12.3. The summed E-state index contributed by atoms with van der Waals surface area (Å²) in [6, 6.07) is 0.111. The summed E-state index contributed by atoms with van der Waals surface area (Å²) in [5.74, 6) is -1.17. The number of carbonyl (C=O) groups is 1. The Bertz CT molecular complexity index is 358.